The Kier molecular flexibility index (Phi) is 3.03. The highest BCUT2D eigenvalue weighted by Crippen LogP contribution is 2.72. The van der Waals surface area contributed by atoms with Crippen LogP contribution in [0.2, 0.25) is 0 Å². The molecule has 100 valence electrons. The van der Waals surface area contributed by atoms with E-state index in [9.17, 15) is 4.39 Å². The van der Waals surface area contributed by atoms with E-state index < -0.39 is 0 Å². The van der Waals surface area contributed by atoms with Gasteiger partial charge in [-0.05, 0) is 40.9 Å². The third-order valence-electron chi connectivity index (χ3n) is 5.20. The van der Waals surface area contributed by atoms with Crippen molar-refractivity contribution in [3.05, 3.63) is 35.1 Å². The van der Waals surface area contributed by atoms with Gasteiger partial charge in [0.2, 0.25) is 0 Å². The Morgan fingerprint density at radius 2 is 1.78 bits per heavy atom. The fraction of sp³-hybridized carbons (Fsp3) is 0.600. The van der Waals surface area contributed by atoms with Crippen LogP contribution >= 0.6 is 0 Å². The number of hydrogen-bond acceptors (Lipinski definition) is 2. The average Bonchev–Trinajstić information content (AvgIpc) is 2.67. The molecule has 0 aliphatic heterocycles. The van der Waals surface area contributed by atoms with E-state index in [1.165, 1.54) is 0 Å². The van der Waals surface area contributed by atoms with Crippen LogP contribution in [0.3, 0.4) is 0 Å². The van der Waals surface area contributed by atoms with Gasteiger partial charge in [-0.25, -0.2) is 4.39 Å². The summed E-state index contributed by atoms with van der Waals surface area (Å²) in [7, 11) is 0. The lowest BCUT2D eigenvalue weighted by atomic mass is 9.96. The van der Waals surface area contributed by atoms with Crippen molar-refractivity contribution in [1.82, 2.24) is 5.43 Å². The SMILES string of the molecule is Cc1ccc(C(NN)C2C(C)(C)C2(C)C)cc1F. The number of nitrogens with two attached hydrogens (primary N) is 1. The second-order valence-electron chi connectivity index (χ2n) is 6.57. The number of hydrogen-bond donors (Lipinski definition) is 2. The van der Waals surface area contributed by atoms with Gasteiger partial charge in [-0.2, -0.15) is 0 Å². The molecule has 0 aromatic heterocycles. The molecule has 1 atom stereocenters. The molecule has 0 radical (unpaired) electrons. The molecule has 3 heteroatoms. The van der Waals surface area contributed by atoms with Crippen LogP contribution < -0.4 is 11.3 Å². The molecule has 0 heterocycles. The molecule has 2 rings (SSSR count). The van der Waals surface area contributed by atoms with Crippen molar-refractivity contribution in [1.29, 1.82) is 0 Å². The van der Waals surface area contributed by atoms with Gasteiger partial charge in [-0.1, -0.05) is 39.8 Å². The van der Waals surface area contributed by atoms with Crippen molar-refractivity contribution in [3.8, 4) is 0 Å². The smallest absolute Gasteiger partial charge is 0.126 e. The molecular weight excluding hydrogens is 227 g/mol. The van der Waals surface area contributed by atoms with Crippen molar-refractivity contribution in [2.75, 3.05) is 0 Å². The summed E-state index contributed by atoms with van der Waals surface area (Å²) < 4.78 is 13.7. The molecule has 1 aromatic carbocycles. The molecular formula is C15H23FN2. The van der Waals surface area contributed by atoms with E-state index in [-0.39, 0.29) is 22.7 Å². The van der Waals surface area contributed by atoms with Gasteiger partial charge in [-0.3, -0.25) is 11.3 Å². The van der Waals surface area contributed by atoms with Crippen molar-refractivity contribution >= 4 is 0 Å². The monoisotopic (exact) mass is 250 g/mol. The number of hydrazine groups is 1. The van der Waals surface area contributed by atoms with Crippen molar-refractivity contribution in [2.24, 2.45) is 22.6 Å². The lowest BCUT2D eigenvalue weighted by molar-refractivity contribution is 0.415. The minimum absolute atomic E-state index is 0.00472. The van der Waals surface area contributed by atoms with Gasteiger partial charge in [0.1, 0.15) is 5.82 Å². The van der Waals surface area contributed by atoms with E-state index in [4.69, 9.17) is 5.84 Å². The Labute approximate surface area is 109 Å². The van der Waals surface area contributed by atoms with Crippen LogP contribution in [0.1, 0.15) is 44.9 Å². The molecule has 0 bridgehead atoms. The van der Waals surface area contributed by atoms with Crippen LogP contribution in [0.15, 0.2) is 18.2 Å². The van der Waals surface area contributed by atoms with Crippen LogP contribution in [0.25, 0.3) is 0 Å². The average molecular weight is 250 g/mol. The van der Waals surface area contributed by atoms with E-state index in [1.807, 2.05) is 12.1 Å². The van der Waals surface area contributed by atoms with Gasteiger partial charge < -0.3 is 0 Å². The van der Waals surface area contributed by atoms with Crippen molar-refractivity contribution < 1.29 is 4.39 Å². The molecule has 1 aliphatic rings. The standard InChI is InChI=1S/C15H23FN2/c1-9-6-7-10(8-11(9)16)12(18-17)13-14(2,3)15(13,4)5/h6-8,12-13,18H,17H2,1-5H3. The van der Waals surface area contributed by atoms with Gasteiger partial charge in [-0.15, -0.1) is 0 Å². The minimum atomic E-state index is -0.163. The van der Waals surface area contributed by atoms with Crippen LogP contribution in [0.4, 0.5) is 4.39 Å². The second-order valence-corrected chi connectivity index (χ2v) is 6.57. The molecule has 1 unspecified atom stereocenters. The van der Waals surface area contributed by atoms with E-state index >= 15 is 0 Å². The predicted octanol–water partition coefficient (Wildman–Crippen LogP) is 3.32. The molecule has 0 spiro atoms. The number of rotatable bonds is 3. The van der Waals surface area contributed by atoms with Crippen LogP contribution in [0, 0.1) is 29.5 Å². The van der Waals surface area contributed by atoms with Gasteiger partial charge in [0.05, 0.1) is 0 Å². The highest BCUT2D eigenvalue weighted by molar-refractivity contribution is 5.30. The largest absolute Gasteiger partial charge is 0.271 e. The van der Waals surface area contributed by atoms with Crippen LogP contribution in [-0.4, -0.2) is 0 Å². The number of halogens is 1. The second kappa shape index (κ2) is 4.04. The third kappa shape index (κ3) is 1.77. The summed E-state index contributed by atoms with van der Waals surface area (Å²) in [5, 5.41) is 0. The third-order valence-corrected chi connectivity index (χ3v) is 5.20. The van der Waals surface area contributed by atoms with Gasteiger partial charge in [0.15, 0.2) is 0 Å². The van der Waals surface area contributed by atoms with E-state index in [0.29, 0.717) is 11.5 Å². The minimum Gasteiger partial charge on any atom is -0.271 e. The number of aryl methyl sites for hydroxylation is 1. The van der Waals surface area contributed by atoms with E-state index in [2.05, 4.69) is 33.1 Å². The molecule has 0 amide bonds. The van der Waals surface area contributed by atoms with Crippen LogP contribution in [-0.2, 0) is 0 Å². The van der Waals surface area contributed by atoms with E-state index in [1.54, 1.807) is 13.0 Å². The van der Waals surface area contributed by atoms with Crippen molar-refractivity contribution in [3.63, 3.8) is 0 Å². The number of nitrogens with one attached hydrogen (secondary N) is 1. The molecule has 1 aliphatic carbocycles. The molecule has 18 heavy (non-hydrogen) atoms. The summed E-state index contributed by atoms with van der Waals surface area (Å²) in [6, 6.07) is 5.39. The summed E-state index contributed by atoms with van der Waals surface area (Å²) in [6.45, 7) is 10.7. The zero-order valence-corrected chi connectivity index (χ0v) is 11.8. The van der Waals surface area contributed by atoms with Gasteiger partial charge in [0.25, 0.3) is 0 Å². The van der Waals surface area contributed by atoms with Gasteiger partial charge in [0, 0.05) is 6.04 Å². The fourth-order valence-electron chi connectivity index (χ4n) is 3.27. The molecule has 1 fully saturated rings. The zero-order chi connectivity index (χ0) is 13.7. The summed E-state index contributed by atoms with van der Waals surface area (Å²) in [5.41, 5.74) is 4.90. The maximum atomic E-state index is 13.7. The molecule has 0 saturated heterocycles. The maximum absolute atomic E-state index is 13.7. The van der Waals surface area contributed by atoms with E-state index in [0.717, 1.165) is 5.56 Å². The fourth-order valence-corrected chi connectivity index (χ4v) is 3.27. The quantitative estimate of drug-likeness (QED) is 0.638. The normalized spacial score (nSPS) is 22.8. The summed E-state index contributed by atoms with van der Waals surface area (Å²) >= 11 is 0. The lowest BCUT2D eigenvalue weighted by Gasteiger charge is -2.19. The maximum Gasteiger partial charge on any atom is 0.126 e. The first-order valence-electron chi connectivity index (χ1n) is 6.45. The van der Waals surface area contributed by atoms with Crippen LogP contribution in [0.5, 0.6) is 0 Å². The van der Waals surface area contributed by atoms with Crippen molar-refractivity contribution in [2.45, 2.75) is 40.7 Å². The first-order valence-corrected chi connectivity index (χ1v) is 6.45. The molecule has 1 saturated carbocycles. The summed E-state index contributed by atoms with van der Waals surface area (Å²) in [5.74, 6) is 5.95. The predicted molar refractivity (Wildman–Crippen MR) is 72.3 cm³/mol. The van der Waals surface area contributed by atoms with Gasteiger partial charge >= 0.3 is 0 Å². The zero-order valence-electron chi connectivity index (χ0n) is 11.8. The molecule has 1 aromatic rings. The highest BCUT2D eigenvalue weighted by Gasteiger charge is 2.67. The Bertz CT molecular complexity index is 452. The Balaban J connectivity index is 2.33. The first-order chi connectivity index (χ1) is 8.23. The summed E-state index contributed by atoms with van der Waals surface area (Å²) in [4.78, 5) is 0. The molecule has 3 N–H and O–H groups in total. The summed E-state index contributed by atoms with van der Waals surface area (Å²) in [6.07, 6.45) is 0. The Hall–Kier alpha value is -0.930. The lowest BCUT2D eigenvalue weighted by Crippen LogP contribution is -2.31. The number of benzene rings is 1. The first kappa shape index (κ1) is 13.5. The Morgan fingerprint density at radius 3 is 2.17 bits per heavy atom. The molecule has 2 nitrogen and oxygen atoms in total. The Morgan fingerprint density at radius 1 is 1.22 bits per heavy atom. The topological polar surface area (TPSA) is 38.0 Å². The highest BCUT2D eigenvalue weighted by atomic mass is 19.1.